The number of esters is 6. The Morgan fingerprint density at radius 3 is 1.29 bits per heavy atom. The lowest BCUT2D eigenvalue weighted by Crippen LogP contribution is -2.40. The minimum Gasteiger partial charge on any atom is -0.469 e. The van der Waals surface area contributed by atoms with E-state index in [2.05, 4.69) is 46.2 Å². The van der Waals surface area contributed by atoms with E-state index in [1.165, 1.54) is 56.3 Å². The van der Waals surface area contributed by atoms with Crippen LogP contribution in [0.25, 0.3) is 0 Å². The predicted molar refractivity (Wildman–Crippen MR) is 165 cm³/mol. The first-order valence-corrected chi connectivity index (χ1v) is 13.9. The summed E-state index contributed by atoms with van der Waals surface area (Å²) in [7, 11) is 7.29. The number of hydrogen-bond donors (Lipinski definition) is 0. The smallest absolute Gasteiger partial charge is 0.469 e. The second kappa shape index (κ2) is 29.3. The molecule has 0 aromatic carbocycles. The van der Waals surface area contributed by atoms with E-state index in [0.29, 0.717) is 0 Å². The number of hydrogen-bond acceptors (Lipinski definition) is 16. The van der Waals surface area contributed by atoms with Gasteiger partial charge in [0.1, 0.15) is 35.1 Å². The van der Waals surface area contributed by atoms with Crippen LogP contribution < -0.4 is 0 Å². The molecule has 0 heterocycles. The quantitative estimate of drug-likeness (QED) is 0.0725. The summed E-state index contributed by atoms with van der Waals surface area (Å²) in [4.78, 5) is 109. The first kappa shape index (κ1) is 49.8. The number of ether oxygens (including phenoxy) is 6. The van der Waals surface area contributed by atoms with Crippen molar-refractivity contribution in [2.45, 2.75) is 65.7 Å². The summed E-state index contributed by atoms with van der Waals surface area (Å²) in [6.45, 7) is 9.81. The van der Waals surface area contributed by atoms with Gasteiger partial charge in [-0.15, -0.1) is 0 Å². The van der Waals surface area contributed by atoms with Gasteiger partial charge in [-0.25, -0.2) is 0 Å². The highest BCUT2D eigenvalue weighted by atomic mass is 16.5. The maximum Gasteiger partial charge on any atom is 0.604 e. The number of carbonyl (C=O) groups is 10. The molecule has 0 saturated carbocycles. The number of methoxy groups -OCH3 is 6. The summed E-state index contributed by atoms with van der Waals surface area (Å²) < 4.78 is 30.5. The third-order valence-electron chi connectivity index (χ3n) is 5.99. The van der Waals surface area contributed by atoms with Crippen LogP contribution in [0.5, 0.6) is 0 Å². The third-order valence-corrected chi connectivity index (χ3v) is 5.99. The van der Waals surface area contributed by atoms with Crippen molar-refractivity contribution in [3.63, 3.8) is 0 Å². The highest BCUT2D eigenvalue weighted by Gasteiger charge is 2.44. The van der Waals surface area contributed by atoms with Gasteiger partial charge in [0.05, 0.1) is 53.5 Å². The van der Waals surface area contributed by atoms with E-state index in [0.717, 1.165) is 13.2 Å². The Labute approximate surface area is 279 Å². The molecule has 272 valence electrons. The zero-order chi connectivity index (χ0) is 38.5. The van der Waals surface area contributed by atoms with Crippen LogP contribution in [0.3, 0.4) is 0 Å². The molecule has 0 aliphatic rings. The highest BCUT2D eigenvalue weighted by molar-refractivity contribution is 6.03. The summed E-state index contributed by atoms with van der Waals surface area (Å²) in [6, 6.07) is 0. The number of rotatable bonds is 16. The Morgan fingerprint density at radius 1 is 0.646 bits per heavy atom. The van der Waals surface area contributed by atoms with E-state index in [4.69, 9.17) is 0 Å². The van der Waals surface area contributed by atoms with Crippen molar-refractivity contribution in [1.29, 1.82) is 0 Å². The van der Waals surface area contributed by atoms with Crippen LogP contribution >= 0.6 is 0 Å². The van der Waals surface area contributed by atoms with Crippen molar-refractivity contribution in [3.05, 3.63) is 12.7 Å². The molecule has 0 bridgehead atoms. The van der Waals surface area contributed by atoms with E-state index < -0.39 is 58.9 Å². The molecule has 0 rings (SSSR count). The molecule has 0 aliphatic heterocycles. The molecule has 1 atom stereocenters. The van der Waals surface area contributed by atoms with Gasteiger partial charge in [-0.2, -0.15) is 0 Å². The van der Waals surface area contributed by atoms with Crippen molar-refractivity contribution < 1.29 is 80.8 Å². The molecule has 0 radical (unpaired) electrons. The van der Waals surface area contributed by atoms with Crippen LogP contribution in [0.15, 0.2) is 12.7 Å². The Morgan fingerprint density at radius 2 is 1.06 bits per heavy atom. The first-order chi connectivity index (χ1) is 22.3. The van der Waals surface area contributed by atoms with Gasteiger partial charge >= 0.3 is 41.8 Å². The van der Waals surface area contributed by atoms with E-state index >= 15 is 0 Å². The predicted octanol–water partition coefficient (Wildman–Crippen LogP) is 1.16. The molecule has 0 amide bonds. The first-order valence-electron chi connectivity index (χ1n) is 13.9. The Balaban J connectivity index is -0.000000298. The maximum absolute atomic E-state index is 11.9. The number of Topliss-reactive ketones (excluding diaryl/α,β-unsaturated/α-hetero) is 3. The third kappa shape index (κ3) is 24.2. The van der Waals surface area contributed by atoms with Crippen LogP contribution in [0.2, 0.25) is 0 Å². The standard InChI is InChI=1S/C13H20O7.C9H14O5.C5H8O3.C4H5O2/c1-9(14)13(12(17)20-4,7-5-10(15)18-2)8-6-11(16)19-3;1-6(10)7(9(12)14-3)4-5-8(11)13-2;1-4(6)3-5(7)8-2;1-3-4(5)6-2/h5-8H2,1-4H3;7H,4-5H2,1-3H3;3H2,1-2H3;3H,1-2H2/q;;;+1. The van der Waals surface area contributed by atoms with Crippen molar-refractivity contribution in [3.8, 4) is 0 Å². The SMILES string of the molecule is C=CC(=O)[O+]=C.COC(=O)CC(C)=O.COC(=O)CCC(C(C)=O)C(=O)OC.COC(=O)CCC(CCC(=O)OC)(C(C)=O)C(=O)OC. The van der Waals surface area contributed by atoms with Crippen molar-refractivity contribution >= 4 is 65.9 Å². The average Bonchev–Trinajstić information content (AvgIpc) is 3.07. The zero-order valence-corrected chi connectivity index (χ0v) is 29.0. The minimum atomic E-state index is -1.53. The monoisotopic (exact) mass is 691 g/mol. The van der Waals surface area contributed by atoms with Gasteiger partial charge in [0.2, 0.25) is 0 Å². The second-order valence-corrected chi connectivity index (χ2v) is 9.21. The van der Waals surface area contributed by atoms with Gasteiger partial charge in [-0.05, 0) is 40.0 Å². The molecular formula is C31H47O17+. The van der Waals surface area contributed by atoms with Crippen molar-refractivity contribution in [2.75, 3.05) is 42.7 Å². The van der Waals surface area contributed by atoms with Crippen LogP contribution in [0.1, 0.15) is 65.7 Å². The summed E-state index contributed by atoms with van der Waals surface area (Å²) in [5.74, 6) is -5.68. The topological polar surface area (TPSA) is 237 Å². The summed E-state index contributed by atoms with van der Waals surface area (Å²) in [6.07, 6.45) is 0.726. The van der Waals surface area contributed by atoms with Gasteiger partial charge < -0.3 is 28.4 Å². The van der Waals surface area contributed by atoms with E-state index in [9.17, 15) is 47.9 Å². The molecule has 0 N–H and O–H groups in total. The highest BCUT2D eigenvalue weighted by Crippen LogP contribution is 2.33. The summed E-state index contributed by atoms with van der Waals surface area (Å²) in [5.41, 5.74) is -1.53. The van der Waals surface area contributed by atoms with E-state index in [1.807, 2.05) is 0 Å². The van der Waals surface area contributed by atoms with Gasteiger partial charge in [-0.1, -0.05) is 6.58 Å². The molecule has 0 spiro atoms. The lowest BCUT2D eigenvalue weighted by Gasteiger charge is -2.27. The van der Waals surface area contributed by atoms with Gasteiger partial charge in [0, 0.05) is 19.3 Å². The maximum atomic E-state index is 11.9. The zero-order valence-electron chi connectivity index (χ0n) is 29.0. The molecule has 0 fully saturated rings. The summed E-state index contributed by atoms with van der Waals surface area (Å²) in [5, 5.41) is 0. The van der Waals surface area contributed by atoms with Gasteiger partial charge in [-0.3, -0.25) is 47.6 Å². The molecule has 0 aromatic rings. The van der Waals surface area contributed by atoms with Crippen LogP contribution in [0, 0.1) is 11.3 Å². The van der Waals surface area contributed by atoms with Crippen LogP contribution in [-0.2, 0) is 80.8 Å². The van der Waals surface area contributed by atoms with Crippen molar-refractivity contribution in [1.82, 2.24) is 0 Å². The fraction of sp³-hybridized carbons (Fsp3) is 0.581. The Hall–Kier alpha value is -5.09. The molecule has 48 heavy (non-hydrogen) atoms. The van der Waals surface area contributed by atoms with E-state index in [-0.39, 0.29) is 56.5 Å². The van der Waals surface area contributed by atoms with Crippen LogP contribution in [-0.4, -0.2) is 109 Å². The average molecular weight is 692 g/mol. The molecule has 1 unspecified atom stereocenters. The largest absolute Gasteiger partial charge is 0.604 e. The lowest BCUT2D eigenvalue weighted by molar-refractivity contribution is -0.361. The molecule has 0 aliphatic carbocycles. The fourth-order valence-electron chi connectivity index (χ4n) is 3.18. The van der Waals surface area contributed by atoms with Crippen molar-refractivity contribution in [2.24, 2.45) is 11.3 Å². The Kier molecular flexibility index (Phi) is 30.4. The van der Waals surface area contributed by atoms with Gasteiger partial charge in [0.25, 0.3) is 0 Å². The van der Waals surface area contributed by atoms with Gasteiger partial charge in [0.15, 0.2) is 6.79 Å². The number of ketones is 3. The fourth-order valence-corrected chi connectivity index (χ4v) is 3.18. The molecule has 0 aromatic heterocycles. The van der Waals surface area contributed by atoms with E-state index in [1.54, 1.807) is 0 Å². The normalized spacial score (nSPS) is 10.0. The lowest BCUT2D eigenvalue weighted by atomic mass is 9.75. The summed E-state index contributed by atoms with van der Waals surface area (Å²) >= 11 is 0. The van der Waals surface area contributed by atoms with Crippen LogP contribution in [0.4, 0.5) is 0 Å². The molecule has 17 nitrogen and oxygen atoms in total. The molecule has 17 heteroatoms. The molecule has 0 saturated heterocycles. The minimum absolute atomic E-state index is 0.0375. The second-order valence-electron chi connectivity index (χ2n) is 9.21. The molecular weight excluding hydrogens is 644 g/mol. The Bertz CT molecular complexity index is 1110. The number of carbonyl (C=O) groups excluding carboxylic acids is 11.